The first-order valence-electron chi connectivity index (χ1n) is 5.41. The molecular formula is C12H18ClNO2. The Morgan fingerprint density at radius 1 is 1.50 bits per heavy atom. The Morgan fingerprint density at radius 3 is 2.88 bits per heavy atom. The van der Waals surface area contributed by atoms with Gasteiger partial charge < -0.3 is 15.2 Å². The zero-order valence-corrected chi connectivity index (χ0v) is 10.4. The van der Waals surface area contributed by atoms with Crippen molar-refractivity contribution in [2.24, 2.45) is 0 Å². The summed E-state index contributed by atoms with van der Waals surface area (Å²) in [4.78, 5) is 0. The van der Waals surface area contributed by atoms with Gasteiger partial charge in [-0.25, -0.2) is 0 Å². The van der Waals surface area contributed by atoms with Crippen LogP contribution < -0.4 is 10.1 Å². The van der Waals surface area contributed by atoms with Crippen LogP contribution >= 0.6 is 11.6 Å². The largest absolute Gasteiger partial charge is 0.491 e. The number of hydrogen-bond acceptors (Lipinski definition) is 3. The van der Waals surface area contributed by atoms with Crippen molar-refractivity contribution in [2.75, 3.05) is 19.7 Å². The van der Waals surface area contributed by atoms with Gasteiger partial charge in [-0.05, 0) is 37.2 Å². The molecule has 0 saturated heterocycles. The summed E-state index contributed by atoms with van der Waals surface area (Å²) in [6, 6.07) is 5.44. The Balaban J connectivity index is 2.42. The number of benzene rings is 1. The van der Waals surface area contributed by atoms with Crippen molar-refractivity contribution in [1.29, 1.82) is 0 Å². The van der Waals surface area contributed by atoms with E-state index in [1.165, 1.54) is 0 Å². The first-order valence-corrected chi connectivity index (χ1v) is 5.79. The molecule has 1 aromatic rings. The molecule has 0 fully saturated rings. The molecule has 0 aliphatic heterocycles. The molecule has 0 bridgehead atoms. The second-order valence-corrected chi connectivity index (χ2v) is 4.12. The molecular weight excluding hydrogens is 226 g/mol. The van der Waals surface area contributed by atoms with Crippen LogP contribution in [0.1, 0.15) is 12.5 Å². The molecule has 2 N–H and O–H groups in total. The Labute approximate surface area is 101 Å². The van der Waals surface area contributed by atoms with E-state index in [9.17, 15) is 5.11 Å². The molecule has 1 rings (SSSR count). The van der Waals surface area contributed by atoms with Crippen molar-refractivity contribution in [3.05, 3.63) is 28.8 Å². The third-order valence-electron chi connectivity index (χ3n) is 2.20. The third-order valence-corrected chi connectivity index (χ3v) is 2.43. The van der Waals surface area contributed by atoms with Gasteiger partial charge in [-0.3, -0.25) is 0 Å². The second kappa shape index (κ2) is 6.74. The van der Waals surface area contributed by atoms with Crippen molar-refractivity contribution in [3.8, 4) is 5.75 Å². The van der Waals surface area contributed by atoms with Gasteiger partial charge in [0, 0.05) is 11.6 Å². The zero-order valence-electron chi connectivity index (χ0n) is 9.66. The molecule has 16 heavy (non-hydrogen) atoms. The van der Waals surface area contributed by atoms with E-state index in [0.717, 1.165) is 17.9 Å². The highest BCUT2D eigenvalue weighted by molar-refractivity contribution is 6.30. The molecule has 90 valence electrons. The summed E-state index contributed by atoms with van der Waals surface area (Å²) in [6.45, 7) is 5.60. The van der Waals surface area contributed by atoms with E-state index in [-0.39, 0.29) is 6.61 Å². The van der Waals surface area contributed by atoms with Gasteiger partial charge in [0.2, 0.25) is 0 Å². The minimum Gasteiger partial charge on any atom is -0.491 e. The molecule has 1 aromatic carbocycles. The topological polar surface area (TPSA) is 41.5 Å². The molecule has 0 heterocycles. The molecule has 1 atom stereocenters. The van der Waals surface area contributed by atoms with Crippen LogP contribution in [0.3, 0.4) is 0 Å². The maximum Gasteiger partial charge on any atom is 0.122 e. The third kappa shape index (κ3) is 4.39. The molecule has 4 heteroatoms. The van der Waals surface area contributed by atoms with Crippen LogP contribution in [0.15, 0.2) is 18.2 Å². The smallest absolute Gasteiger partial charge is 0.122 e. The van der Waals surface area contributed by atoms with Crippen LogP contribution in [0.2, 0.25) is 5.02 Å². The standard InChI is InChI=1S/C12H18ClNO2/c1-3-14-7-11(15)8-16-12-5-4-10(13)6-9(12)2/h4-6,11,14-15H,3,7-8H2,1-2H3. The van der Waals surface area contributed by atoms with Gasteiger partial charge in [-0.1, -0.05) is 18.5 Å². The zero-order chi connectivity index (χ0) is 12.0. The maximum atomic E-state index is 9.57. The van der Waals surface area contributed by atoms with Crippen LogP contribution in [0, 0.1) is 6.92 Å². The molecule has 3 nitrogen and oxygen atoms in total. The number of nitrogens with one attached hydrogen (secondary N) is 1. The highest BCUT2D eigenvalue weighted by Gasteiger charge is 2.06. The fourth-order valence-electron chi connectivity index (χ4n) is 1.33. The molecule has 0 aromatic heterocycles. The molecule has 0 radical (unpaired) electrons. The second-order valence-electron chi connectivity index (χ2n) is 3.68. The summed E-state index contributed by atoms with van der Waals surface area (Å²) in [5, 5.41) is 13.3. The summed E-state index contributed by atoms with van der Waals surface area (Å²) >= 11 is 5.83. The molecule has 0 aliphatic carbocycles. The lowest BCUT2D eigenvalue weighted by Crippen LogP contribution is -2.31. The average Bonchev–Trinajstić information content (AvgIpc) is 2.25. The molecule has 0 saturated carbocycles. The highest BCUT2D eigenvalue weighted by Crippen LogP contribution is 2.21. The molecule has 0 amide bonds. The Bertz CT molecular complexity index is 331. The number of aliphatic hydroxyl groups is 1. The predicted octanol–water partition coefficient (Wildman–Crippen LogP) is 2.00. The lowest BCUT2D eigenvalue weighted by Gasteiger charge is -2.14. The number of ether oxygens (including phenoxy) is 1. The summed E-state index contributed by atoms with van der Waals surface area (Å²) < 4.78 is 5.50. The van der Waals surface area contributed by atoms with E-state index in [0.29, 0.717) is 11.6 Å². The van der Waals surface area contributed by atoms with E-state index in [1.54, 1.807) is 6.07 Å². The number of aliphatic hydroxyl groups excluding tert-OH is 1. The first kappa shape index (κ1) is 13.3. The van der Waals surface area contributed by atoms with E-state index < -0.39 is 6.10 Å². The number of hydrogen-bond donors (Lipinski definition) is 2. The monoisotopic (exact) mass is 243 g/mol. The molecule has 1 unspecified atom stereocenters. The summed E-state index contributed by atoms with van der Waals surface area (Å²) in [5.74, 6) is 0.764. The highest BCUT2D eigenvalue weighted by atomic mass is 35.5. The van der Waals surface area contributed by atoms with Gasteiger partial charge in [0.1, 0.15) is 18.5 Å². The average molecular weight is 244 g/mol. The normalized spacial score (nSPS) is 12.5. The van der Waals surface area contributed by atoms with Crippen LogP contribution in [-0.2, 0) is 0 Å². The van der Waals surface area contributed by atoms with Gasteiger partial charge in [0.05, 0.1) is 0 Å². The first-order chi connectivity index (χ1) is 7.63. The Hall–Kier alpha value is -0.770. The van der Waals surface area contributed by atoms with Gasteiger partial charge in [-0.2, -0.15) is 0 Å². The van der Waals surface area contributed by atoms with Crippen LogP contribution in [-0.4, -0.2) is 30.9 Å². The van der Waals surface area contributed by atoms with Gasteiger partial charge >= 0.3 is 0 Å². The van der Waals surface area contributed by atoms with Crippen molar-refractivity contribution < 1.29 is 9.84 Å². The van der Waals surface area contributed by atoms with Crippen molar-refractivity contribution in [2.45, 2.75) is 20.0 Å². The number of rotatable bonds is 6. The van der Waals surface area contributed by atoms with Crippen molar-refractivity contribution in [1.82, 2.24) is 5.32 Å². The maximum absolute atomic E-state index is 9.57. The number of likely N-dealkylation sites (N-methyl/N-ethyl adjacent to an activating group) is 1. The SMILES string of the molecule is CCNCC(O)COc1ccc(Cl)cc1C. The van der Waals surface area contributed by atoms with Crippen LogP contribution in [0.25, 0.3) is 0 Å². The number of halogens is 1. The lowest BCUT2D eigenvalue weighted by molar-refractivity contribution is 0.106. The minimum absolute atomic E-state index is 0.287. The van der Waals surface area contributed by atoms with Gasteiger partial charge in [0.25, 0.3) is 0 Å². The van der Waals surface area contributed by atoms with Crippen molar-refractivity contribution >= 4 is 11.6 Å². The minimum atomic E-state index is -0.491. The summed E-state index contributed by atoms with van der Waals surface area (Å²) in [7, 11) is 0. The molecule has 0 aliphatic rings. The van der Waals surface area contributed by atoms with Gasteiger partial charge in [0.15, 0.2) is 0 Å². The quantitative estimate of drug-likeness (QED) is 0.803. The van der Waals surface area contributed by atoms with E-state index in [2.05, 4.69) is 5.32 Å². The van der Waals surface area contributed by atoms with Crippen LogP contribution in [0.5, 0.6) is 5.75 Å². The van der Waals surface area contributed by atoms with Crippen molar-refractivity contribution in [3.63, 3.8) is 0 Å². The van der Waals surface area contributed by atoms with Gasteiger partial charge in [-0.15, -0.1) is 0 Å². The Kier molecular flexibility index (Phi) is 5.60. The molecule has 0 spiro atoms. The van der Waals surface area contributed by atoms with E-state index in [4.69, 9.17) is 16.3 Å². The summed E-state index contributed by atoms with van der Waals surface area (Å²) in [5.41, 5.74) is 0.975. The van der Waals surface area contributed by atoms with E-state index >= 15 is 0 Å². The predicted molar refractivity (Wildman–Crippen MR) is 66.2 cm³/mol. The lowest BCUT2D eigenvalue weighted by atomic mass is 10.2. The summed E-state index contributed by atoms with van der Waals surface area (Å²) in [6.07, 6.45) is -0.491. The van der Waals surface area contributed by atoms with Crippen LogP contribution in [0.4, 0.5) is 0 Å². The number of aryl methyl sites for hydroxylation is 1. The fourth-order valence-corrected chi connectivity index (χ4v) is 1.56. The van der Waals surface area contributed by atoms with E-state index in [1.807, 2.05) is 26.0 Å². The Morgan fingerprint density at radius 2 is 2.25 bits per heavy atom. The fraction of sp³-hybridized carbons (Fsp3) is 0.500.